The second kappa shape index (κ2) is 12.6. The average molecular weight is 655 g/mol. The minimum atomic E-state index is -4.37. The molecule has 1 aromatic heterocycles. The van der Waals surface area contributed by atoms with E-state index in [0.717, 1.165) is 37.0 Å². The van der Waals surface area contributed by atoms with Gasteiger partial charge in [-0.1, -0.05) is 25.0 Å². The first-order valence-electron chi connectivity index (χ1n) is 14.2. The molecular weight excluding hydrogens is 620 g/mol. The van der Waals surface area contributed by atoms with Crippen LogP contribution in [0.3, 0.4) is 0 Å². The van der Waals surface area contributed by atoms with E-state index in [9.17, 15) is 31.1 Å². The lowest BCUT2D eigenvalue weighted by molar-refractivity contribution is -0.129. The number of carbonyl (C=O) groups excluding carboxylic acids is 1. The van der Waals surface area contributed by atoms with Crippen LogP contribution in [0.2, 0.25) is 0 Å². The highest BCUT2D eigenvalue weighted by Gasteiger charge is 2.43. The summed E-state index contributed by atoms with van der Waals surface area (Å²) in [6.07, 6.45) is 3.20. The third-order valence-corrected chi connectivity index (χ3v) is 11.9. The molecule has 2 aromatic rings. The Kier molecular flexibility index (Phi) is 9.28. The second-order valence-electron chi connectivity index (χ2n) is 11.1. The Labute approximate surface area is 255 Å². The molecule has 43 heavy (non-hydrogen) atoms. The number of fused-ring (bicyclic) bond motifs is 1. The lowest BCUT2D eigenvalue weighted by Crippen LogP contribution is -2.46. The van der Waals surface area contributed by atoms with Crippen LogP contribution in [0.4, 0.5) is 9.39 Å². The molecule has 2 atom stereocenters. The Hall–Kier alpha value is -2.85. The average Bonchev–Trinajstić information content (AvgIpc) is 3.61. The first kappa shape index (κ1) is 31.6. The minimum Gasteiger partial charge on any atom is -0.511 e. The molecule has 1 aromatic carbocycles. The summed E-state index contributed by atoms with van der Waals surface area (Å²) in [4.78, 5) is 15.1. The number of sulfonamides is 2. The molecule has 0 radical (unpaired) electrons. The zero-order valence-electron chi connectivity index (χ0n) is 23.9. The maximum absolute atomic E-state index is 13.8. The van der Waals surface area contributed by atoms with Crippen LogP contribution in [-0.4, -0.2) is 63.6 Å². The number of hydrogen-bond donors (Lipinski definition) is 3. The molecule has 234 valence electrons. The molecule has 0 spiro atoms. The summed E-state index contributed by atoms with van der Waals surface area (Å²) < 4.78 is 77.1. The van der Waals surface area contributed by atoms with Crippen molar-refractivity contribution in [2.75, 3.05) is 24.2 Å². The maximum Gasteiger partial charge on any atom is 0.287 e. The summed E-state index contributed by atoms with van der Waals surface area (Å²) in [6, 6.07) is 5.77. The Bertz CT molecular complexity index is 1650. The number of amidine groups is 1. The number of ether oxygens (including phenoxy) is 1. The van der Waals surface area contributed by atoms with Gasteiger partial charge in [-0.15, -0.1) is 15.7 Å². The van der Waals surface area contributed by atoms with Crippen molar-refractivity contribution in [1.82, 2.24) is 9.62 Å². The molecule has 3 aliphatic rings. The highest BCUT2D eigenvalue weighted by molar-refractivity contribution is 7.91. The van der Waals surface area contributed by atoms with E-state index < -0.39 is 43.8 Å². The SMILES string of the molecule is CCOC(C)CS(=O)(=O)NCc1csc2c1S(=O)(=O)N=C(C1=C(O)C(C3CCCC3)CN(Cc3ccc(F)cc3)C1=O)N2. The molecule has 15 heteroatoms. The third kappa shape index (κ3) is 6.95. The number of carbonyl (C=O) groups is 1. The Morgan fingerprint density at radius 2 is 1.95 bits per heavy atom. The number of halogens is 1. The van der Waals surface area contributed by atoms with Crippen LogP contribution in [0.25, 0.3) is 0 Å². The van der Waals surface area contributed by atoms with Crippen LogP contribution in [0.1, 0.15) is 50.7 Å². The summed E-state index contributed by atoms with van der Waals surface area (Å²) in [5.41, 5.74) is 0.688. The molecule has 2 unspecified atom stereocenters. The van der Waals surface area contributed by atoms with Crippen molar-refractivity contribution >= 4 is 48.1 Å². The first-order chi connectivity index (χ1) is 20.4. The Morgan fingerprint density at radius 3 is 2.63 bits per heavy atom. The molecule has 1 amide bonds. The summed E-state index contributed by atoms with van der Waals surface area (Å²) >= 11 is 1.03. The van der Waals surface area contributed by atoms with E-state index in [1.165, 1.54) is 22.4 Å². The fraction of sp³-hybridized carbons (Fsp3) is 0.500. The number of benzene rings is 1. The highest BCUT2D eigenvalue weighted by atomic mass is 32.2. The van der Waals surface area contributed by atoms with Crippen molar-refractivity contribution in [2.45, 2.75) is 63.6 Å². The van der Waals surface area contributed by atoms with E-state index in [4.69, 9.17) is 4.74 Å². The molecule has 5 rings (SSSR count). The van der Waals surface area contributed by atoms with Gasteiger partial charge >= 0.3 is 0 Å². The van der Waals surface area contributed by atoms with E-state index in [2.05, 4.69) is 14.4 Å². The molecular formula is C28H35FN4O7S3. The van der Waals surface area contributed by atoms with E-state index in [0.29, 0.717) is 12.2 Å². The highest BCUT2D eigenvalue weighted by Crippen LogP contribution is 2.41. The lowest BCUT2D eigenvalue weighted by atomic mass is 9.83. The predicted molar refractivity (Wildman–Crippen MR) is 161 cm³/mol. The Morgan fingerprint density at radius 1 is 1.26 bits per heavy atom. The van der Waals surface area contributed by atoms with Gasteiger partial charge in [0.25, 0.3) is 15.9 Å². The van der Waals surface area contributed by atoms with Crippen molar-refractivity contribution in [3.05, 3.63) is 57.9 Å². The van der Waals surface area contributed by atoms with Gasteiger partial charge in [-0.25, -0.2) is 17.5 Å². The molecule has 0 saturated heterocycles. The maximum atomic E-state index is 13.8. The zero-order valence-corrected chi connectivity index (χ0v) is 26.3. The largest absolute Gasteiger partial charge is 0.511 e. The number of anilines is 1. The van der Waals surface area contributed by atoms with E-state index >= 15 is 0 Å². The lowest BCUT2D eigenvalue weighted by Gasteiger charge is -2.37. The van der Waals surface area contributed by atoms with Crippen LogP contribution in [0.15, 0.2) is 50.3 Å². The summed E-state index contributed by atoms with van der Waals surface area (Å²) in [5.74, 6) is -2.04. The van der Waals surface area contributed by atoms with Gasteiger partial charge in [0, 0.05) is 37.7 Å². The number of nitrogens with zero attached hydrogens (tertiary/aromatic N) is 2. The van der Waals surface area contributed by atoms with Gasteiger partial charge in [0.1, 0.15) is 27.0 Å². The molecule has 1 saturated carbocycles. The number of nitrogens with one attached hydrogen (secondary N) is 2. The van der Waals surface area contributed by atoms with Gasteiger partial charge in [-0.05, 0) is 55.7 Å². The van der Waals surface area contributed by atoms with Gasteiger partial charge in [0.15, 0.2) is 5.84 Å². The van der Waals surface area contributed by atoms with Gasteiger partial charge in [-0.3, -0.25) is 4.79 Å². The molecule has 11 nitrogen and oxygen atoms in total. The number of thiophene rings is 1. The molecule has 2 aliphatic heterocycles. The topological polar surface area (TPSA) is 154 Å². The summed E-state index contributed by atoms with van der Waals surface area (Å²) in [7, 11) is -8.14. The van der Waals surface area contributed by atoms with Crippen molar-refractivity contribution in [3.63, 3.8) is 0 Å². The number of aliphatic hydroxyl groups is 1. The van der Waals surface area contributed by atoms with E-state index in [-0.39, 0.29) is 63.9 Å². The second-order valence-corrected chi connectivity index (χ2v) is 15.3. The molecule has 3 heterocycles. The summed E-state index contributed by atoms with van der Waals surface area (Å²) in [5, 5.41) is 16.0. The Balaban J connectivity index is 1.43. The molecule has 3 N–H and O–H groups in total. The standard InChI is InChI=1S/C28H35FN4O7S3/c1-3-40-17(2)16-42(36,37)30-12-20-15-41-27-25(20)43(38,39)32-26(31-27)23-24(34)22(19-6-4-5-7-19)14-33(28(23)35)13-18-8-10-21(29)11-9-18/h8-11,15,17,19,22,30,34H,3-7,12-14,16H2,1-2H3,(H,31,32). The van der Waals surface area contributed by atoms with Crippen LogP contribution < -0.4 is 10.0 Å². The third-order valence-electron chi connectivity index (χ3n) is 7.92. The number of amides is 1. The fourth-order valence-corrected chi connectivity index (χ4v) is 9.74. The van der Waals surface area contributed by atoms with Gasteiger partial charge in [0.05, 0.1) is 11.9 Å². The predicted octanol–water partition coefficient (Wildman–Crippen LogP) is 3.91. The smallest absolute Gasteiger partial charge is 0.287 e. The quantitative estimate of drug-likeness (QED) is 0.330. The van der Waals surface area contributed by atoms with Gasteiger partial charge in [0.2, 0.25) is 10.0 Å². The van der Waals surface area contributed by atoms with Crippen LogP contribution in [-0.2, 0) is 42.7 Å². The van der Waals surface area contributed by atoms with Crippen LogP contribution >= 0.6 is 11.3 Å². The minimum absolute atomic E-state index is 0.113. The van der Waals surface area contributed by atoms with E-state index in [1.807, 2.05) is 0 Å². The van der Waals surface area contributed by atoms with Crippen molar-refractivity contribution < 1.29 is 35.9 Å². The number of rotatable bonds is 11. The van der Waals surface area contributed by atoms with Crippen molar-refractivity contribution in [1.29, 1.82) is 0 Å². The molecule has 1 fully saturated rings. The van der Waals surface area contributed by atoms with Crippen molar-refractivity contribution in [2.24, 2.45) is 16.2 Å². The number of aliphatic hydroxyl groups excluding tert-OH is 1. The number of hydrogen-bond acceptors (Lipinski definition) is 9. The monoisotopic (exact) mass is 654 g/mol. The zero-order chi connectivity index (χ0) is 30.9. The van der Waals surface area contributed by atoms with Crippen LogP contribution in [0, 0.1) is 17.7 Å². The van der Waals surface area contributed by atoms with Gasteiger partial charge in [-0.2, -0.15) is 8.42 Å². The summed E-state index contributed by atoms with van der Waals surface area (Å²) in [6.45, 7) is 3.87. The normalized spacial score (nSPS) is 21.5. The van der Waals surface area contributed by atoms with Crippen LogP contribution in [0.5, 0.6) is 0 Å². The van der Waals surface area contributed by atoms with Gasteiger partial charge < -0.3 is 20.1 Å². The molecule has 0 bridgehead atoms. The first-order valence-corrected chi connectivity index (χ1v) is 18.1. The fourth-order valence-electron chi connectivity index (χ4n) is 5.93. The van der Waals surface area contributed by atoms with E-state index in [1.54, 1.807) is 26.0 Å². The van der Waals surface area contributed by atoms with Crippen molar-refractivity contribution in [3.8, 4) is 0 Å². The molecule has 1 aliphatic carbocycles.